The van der Waals surface area contributed by atoms with E-state index in [2.05, 4.69) is 15.6 Å². The van der Waals surface area contributed by atoms with Crippen LogP contribution < -0.4 is 15.4 Å². The van der Waals surface area contributed by atoms with E-state index in [0.717, 1.165) is 10.4 Å². The monoisotopic (exact) mass is 152 g/mol. The maximum Gasteiger partial charge on any atom is 0.301 e. The van der Waals surface area contributed by atoms with Crippen LogP contribution in [0.2, 0.25) is 0 Å². The molecular formula is C6H8N4O. The number of nitrogens with one attached hydrogen (secondary N) is 2. The average molecular weight is 152 g/mol. The quantitative estimate of drug-likeness (QED) is 0.377. The Labute approximate surface area is 63.7 Å². The number of fused-ring (bicyclic) bond motifs is 1. The topological polar surface area (TPSA) is 63.9 Å². The SMILES string of the molecule is [O-][n+]1ccnc2c1NCNC2. The van der Waals surface area contributed by atoms with Gasteiger partial charge < -0.3 is 5.21 Å². The standard InChI is InChI=1S/C6H8N4O/c11-10-2-1-8-5-3-7-4-9-6(5)10/h1-2,7,9H,3-4H2. The zero-order valence-corrected chi connectivity index (χ0v) is 5.87. The summed E-state index contributed by atoms with van der Waals surface area (Å²) in [6.45, 7) is 1.28. The van der Waals surface area contributed by atoms with Crippen molar-refractivity contribution >= 4 is 5.82 Å². The number of hydrogen-bond donors (Lipinski definition) is 2. The Hall–Kier alpha value is -1.36. The van der Waals surface area contributed by atoms with Crippen LogP contribution in [0, 0.1) is 5.21 Å². The minimum absolute atomic E-state index is 0.561. The van der Waals surface area contributed by atoms with Crippen LogP contribution in [0.1, 0.15) is 5.69 Å². The fourth-order valence-electron chi connectivity index (χ4n) is 1.08. The molecule has 0 aliphatic carbocycles. The molecule has 1 aliphatic rings. The van der Waals surface area contributed by atoms with Crippen molar-refractivity contribution in [2.75, 3.05) is 12.0 Å². The van der Waals surface area contributed by atoms with Crippen molar-refractivity contribution in [3.63, 3.8) is 0 Å². The first-order valence-electron chi connectivity index (χ1n) is 3.39. The molecular weight excluding hydrogens is 144 g/mol. The maximum atomic E-state index is 11.1. The van der Waals surface area contributed by atoms with Gasteiger partial charge in [-0.15, -0.1) is 0 Å². The van der Waals surface area contributed by atoms with Gasteiger partial charge in [-0.25, -0.2) is 9.71 Å². The fraction of sp³-hybridized carbons (Fsp3) is 0.333. The number of nitrogens with zero attached hydrogens (tertiary/aromatic N) is 2. The van der Waals surface area contributed by atoms with E-state index < -0.39 is 0 Å². The van der Waals surface area contributed by atoms with Gasteiger partial charge in [-0.1, -0.05) is 0 Å². The van der Waals surface area contributed by atoms with Crippen molar-refractivity contribution in [3.05, 3.63) is 23.3 Å². The van der Waals surface area contributed by atoms with Gasteiger partial charge in [0, 0.05) is 6.54 Å². The number of hydrogen-bond acceptors (Lipinski definition) is 4. The first-order chi connectivity index (χ1) is 5.38. The number of rotatable bonds is 0. The molecule has 0 amide bonds. The molecule has 0 spiro atoms. The lowest BCUT2D eigenvalue weighted by atomic mass is 10.3. The van der Waals surface area contributed by atoms with E-state index in [4.69, 9.17) is 0 Å². The molecule has 0 fully saturated rings. The molecule has 58 valence electrons. The Balaban J connectivity index is 2.49. The molecule has 0 radical (unpaired) electrons. The van der Waals surface area contributed by atoms with Crippen molar-refractivity contribution < 1.29 is 4.73 Å². The Morgan fingerprint density at radius 3 is 3.36 bits per heavy atom. The zero-order chi connectivity index (χ0) is 7.68. The first-order valence-corrected chi connectivity index (χ1v) is 3.39. The summed E-state index contributed by atoms with van der Waals surface area (Å²) < 4.78 is 0.795. The van der Waals surface area contributed by atoms with E-state index in [-0.39, 0.29) is 0 Å². The molecule has 0 aromatic carbocycles. The molecule has 2 heterocycles. The summed E-state index contributed by atoms with van der Waals surface area (Å²) in [4.78, 5) is 4.03. The van der Waals surface area contributed by atoms with Gasteiger partial charge in [0.1, 0.15) is 18.6 Å². The number of anilines is 1. The summed E-state index contributed by atoms with van der Waals surface area (Å²) in [7, 11) is 0. The molecule has 0 unspecified atom stereocenters. The predicted octanol–water partition coefficient (Wildman–Crippen LogP) is -0.812. The van der Waals surface area contributed by atoms with E-state index in [1.54, 1.807) is 0 Å². The molecule has 0 atom stereocenters. The third kappa shape index (κ3) is 0.988. The van der Waals surface area contributed by atoms with Gasteiger partial charge in [-0.3, -0.25) is 10.6 Å². The summed E-state index contributed by atoms with van der Waals surface area (Å²) >= 11 is 0. The first kappa shape index (κ1) is 6.36. The smallest absolute Gasteiger partial charge is 0.301 e. The Morgan fingerprint density at radius 1 is 1.64 bits per heavy atom. The van der Waals surface area contributed by atoms with Crippen molar-refractivity contribution in [1.29, 1.82) is 0 Å². The van der Waals surface area contributed by atoms with E-state index in [9.17, 15) is 5.21 Å². The Morgan fingerprint density at radius 2 is 2.55 bits per heavy atom. The van der Waals surface area contributed by atoms with Crippen LogP contribution in [-0.4, -0.2) is 11.7 Å². The molecule has 1 aromatic heterocycles. The third-order valence-corrected chi connectivity index (χ3v) is 1.60. The van der Waals surface area contributed by atoms with Crippen molar-refractivity contribution in [1.82, 2.24) is 10.3 Å². The molecule has 1 aromatic rings. The molecule has 11 heavy (non-hydrogen) atoms. The van der Waals surface area contributed by atoms with Gasteiger partial charge in [0.05, 0.1) is 6.20 Å². The highest BCUT2D eigenvalue weighted by atomic mass is 16.5. The molecule has 5 heteroatoms. The van der Waals surface area contributed by atoms with Gasteiger partial charge in [0.15, 0.2) is 0 Å². The zero-order valence-electron chi connectivity index (χ0n) is 5.87. The lowest BCUT2D eigenvalue weighted by molar-refractivity contribution is -0.591. The van der Waals surface area contributed by atoms with E-state index >= 15 is 0 Å². The Kier molecular flexibility index (Phi) is 1.36. The minimum Gasteiger partial charge on any atom is -0.711 e. The molecule has 1 aliphatic heterocycles. The second-order valence-electron chi connectivity index (χ2n) is 2.33. The van der Waals surface area contributed by atoms with Crippen LogP contribution >= 0.6 is 0 Å². The second kappa shape index (κ2) is 2.35. The third-order valence-electron chi connectivity index (χ3n) is 1.60. The summed E-state index contributed by atoms with van der Waals surface area (Å²) in [6, 6.07) is 0. The van der Waals surface area contributed by atoms with Gasteiger partial charge >= 0.3 is 5.82 Å². The molecule has 0 bridgehead atoms. The van der Waals surface area contributed by atoms with Crippen LogP contribution in [0.4, 0.5) is 5.82 Å². The lowest BCUT2D eigenvalue weighted by Gasteiger charge is -2.15. The van der Waals surface area contributed by atoms with E-state index in [1.165, 1.54) is 12.4 Å². The van der Waals surface area contributed by atoms with Gasteiger partial charge in [-0.05, 0) is 0 Å². The molecule has 0 saturated carbocycles. The van der Waals surface area contributed by atoms with E-state index in [0.29, 0.717) is 19.0 Å². The Bertz CT molecular complexity index is 275. The molecule has 2 rings (SSSR count). The van der Waals surface area contributed by atoms with Gasteiger partial charge in [0.2, 0.25) is 0 Å². The van der Waals surface area contributed by atoms with Crippen LogP contribution in [0.15, 0.2) is 12.4 Å². The van der Waals surface area contributed by atoms with Crippen molar-refractivity contribution in [2.24, 2.45) is 0 Å². The predicted molar refractivity (Wildman–Crippen MR) is 38.5 cm³/mol. The maximum absolute atomic E-state index is 11.1. The summed E-state index contributed by atoms with van der Waals surface area (Å²) in [5.41, 5.74) is 0.772. The molecule has 5 nitrogen and oxygen atoms in total. The normalized spacial score (nSPS) is 15.3. The van der Waals surface area contributed by atoms with Crippen molar-refractivity contribution in [2.45, 2.75) is 6.54 Å². The molecule has 2 N–H and O–H groups in total. The van der Waals surface area contributed by atoms with E-state index in [1.807, 2.05) is 0 Å². The van der Waals surface area contributed by atoms with Gasteiger partial charge in [-0.2, -0.15) is 0 Å². The largest absolute Gasteiger partial charge is 0.711 e. The van der Waals surface area contributed by atoms with Crippen LogP contribution in [-0.2, 0) is 6.54 Å². The number of aromatic nitrogens is 2. The summed E-state index contributed by atoms with van der Waals surface area (Å²) in [5, 5.41) is 17.0. The van der Waals surface area contributed by atoms with Gasteiger partial charge in [0.25, 0.3) is 0 Å². The van der Waals surface area contributed by atoms with Crippen LogP contribution in [0.25, 0.3) is 0 Å². The summed E-state index contributed by atoms with van der Waals surface area (Å²) in [5.74, 6) is 0.561. The second-order valence-corrected chi connectivity index (χ2v) is 2.33. The summed E-state index contributed by atoms with van der Waals surface area (Å²) in [6.07, 6.45) is 2.89. The highest BCUT2D eigenvalue weighted by molar-refractivity contribution is 5.35. The molecule has 0 saturated heterocycles. The van der Waals surface area contributed by atoms with Crippen LogP contribution in [0.3, 0.4) is 0 Å². The fourth-order valence-corrected chi connectivity index (χ4v) is 1.08. The van der Waals surface area contributed by atoms with Crippen molar-refractivity contribution in [3.8, 4) is 0 Å². The highest BCUT2D eigenvalue weighted by Crippen LogP contribution is 2.07. The van der Waals surface area contributed by atoms with Crippen LogP contribution in [0.5, 0.6) is 0 Å². The average Bonchev–Trinajstić information content (AvgIpc) is 2.06. The minimum atomic E-state index is 0.561. The lowest BCUT2D eigenvalue weighted by Crippen LogP contribution is -2.39. The highest BCUT2D eigenvalue weighted by Gasteiger charge is 2.15.